The second kappa shape index (κ2) is 10.7. The number of hydrogen-bond acceptors (Lipinski definition) is 5. The minimum atomic E-state index is -0.233. The van der Waals surface area contributed by atoms with Crippen molar-refractivity contribution in [2.75, 3.05) is 25.6 Å². The van der Waals surface area contributed by atoms with Gasteiger partial charge in [-0.1, -0.05) is 18.2 Å². The first kappa shape index (κ1) is 21.7. The molecule has 2 aromatic carbocycles. The van der Waals surface area contributed by atoms with Gasteiger partial charge in [0.05, 0.1) is 19.6 Å². The molecule has 1 unspecified atom stereocenters. The van der Waals surface area contributed by atoms with Crippen LogP contribution in [-0.2, 0) is 16.0 Å². The number of thiocarbonyl (C=S) groups is 1. The average Bonchev–Trinajstić information content (AvgIpc) is 3.26. The Morgan fingerprint density at radius 2 is 2.00 bits per heavy atom. The maximum atomic E-state index is 12.4. The third-order valence-corrected chi connectivity index (χ3v) is 4.88. The van der Waals surface area contributed by atoms with Crippen LogP contribution in [0, 0.1) is 0 Å². The number of anilines is 1. The molecule has 1 saturated heterocycles. The lowest BCUT2D eigenvalue weighted by atomic mass is 10.1. The van der Waals surface area contributed by atoms with Crippen molar-refractivity contribution < 1.29 is 19.1 Å². The summed E-state index contributed by atoms with van der Waals surface area (Å²) in [6.45, 7) is 1.25. The van der Waals surface area contributed by atoms with Gasteiger partial charge in [-0.15, -0.1) is 0 Å². The highest BCUT2D eigenvalue weighted by atomic mass is 32.1. The van der Waals surface area contributed by atoms with E-state index in [1.54, 1.807) is 43.5 Å². The molecule has 0 aliphatic carbocycles. The quantitative estimate of drug-likeness (QED) is 0.589. The van der Waals surface area contributed by atoms with E-state index in [0.717, 1.165) is 30.8 Å². The first-order valence-corrected chi connectivity index (χ1v) is 10.2. The van der Waals surface area contributed by atoms with Crippen LogP contribution in [0.1, 0.15) is 28.8 Å². The zero-order chi connectivity index (χ0) is 21.3. The molecule has 2 aromatic rings. The largest absolute Gasteiger partial charge is 0.497 e. The van der Waals surface area contributed by atoms with E-state index < -0.39 is 0 Å². The molecule has 3 rings (SSSR count). The summed E-state index contributed by atoms with van der Waals surface area (Å²) in [5.41, 5.74) is 1.97. The van der Waals surface area contributed by atoms with E-state index >= 15 is 0 Å². The van der Waals surface area contributed by atoms with Gasteiger partial charge in [-0.05, 0) is 61.0 Å². The third kappa shape index (κ3) is 6.53. The van der Waals surface area contributed by atoms with Gasteiger partial charge in [0.2, 0.25) is 5.91 Å². The number of methoxy groups -OCH3 is 1. The first-order chi connectivity index (χ1) is 14.5. The predicted molar refractivity (Wildman–Crippen MR) is 119 cm³/mol. The normalized spacial score (nSPS) is 15.3. The Kier molecular flexibility index (Phi) is 7.75. The van der Waals surface area contributed by atoms with Gasteiger partial charge in [-0.25, -0.2) is 0 Å². The summed E-state index contributed by atoms with van der Waals surface area (Å²) in [4.78, 5) is 24.6. The van der Waals surface area contributed by atoms with Gasteiger partial charge in [-0.2, -0.15) is 0 Å². The molecular weight excluding hydrogens is 402 g/mol. The summed E-state index contributed by atoms with van der Waals surface area (Å²) in [5, 5.41) is 8.65. The van der Waals surface area contributed by atoms with Crippen LogP contribution in [0.15, 0.2) is 48.5 Å². The Hall–Kier alpha value is -2.97. The van der Waals surface area contributed by atoms with E-state index in [-0.39, 0.29) is 29.5 Å². The van der Waals surface area contributed by atoms with Gasteiger partial charge in [-0.3, -0.25) is 9.59 Å². The lowest BCUT2D eigenvalue weighted by Gasteiger charge is -2.13. The number of carbonyl (C=O) groups is 2. The molecule has 0 bridgehead atoms. The summed E-state index contributed by atoms with van der Waals surface area (Å²) in [6.07, 6.45) is 2.27. The molecule has 0 radical (unpaired) electrons. The fraction of sp³-hybridized carbons (Fsp3) is 0.318. The predicted octanol–water partition coefficient (Wildman–Crippen LogP) is 2.66. The van der Waals surface area contributed by atoms with Crippen LogP contribution in [-0.4, -0.2) is 43.3 Å². The van der Waals surface area contributed by atoms with Gasteiger partial charge in [0, 0.05) is 24.4 Å². The molecule has 3 N–H and O–H groups in total. The van der Waals surface area contributed by atoms with E-state index in [4.69, 9.17) is 21.7 Å². The van der Waals surface area contributed by atoms with Gasteiger partial charge < -0.3 is 25.4 Å². The number of ether oxygens (including phenoxy) is 2. The highest BCUT2D eigenvalue weighted by Crippen LogP contribution is 2.14. The Balaban J connectivity index is 1.48. The molecular formula is C22H25N3O4S. The number of amides is 2. The molecule has 1 fully saturated rings. The number of rotatable bonds is 7. The standard InChI is InChI=1S/C22H25N3O4S/c1-28-18-9-7-15(8-10-18)12-20(26)25-22(30)24-17-5-2-4-16(13-17)21(27)23-14-19-6-3-11-29-19/h2,4-5,7-10,13,19H,3,6,11-12,14H2,1H3,(H,23,27)(H2,24,25,26,30). The average molecular weight is 428 g/mol. The van der Waals surface area contributed by atoms with Crippen molar-refractivity contribution in [1.29, 1.82) is 0 Å². The summed E-state index contributed by atoms with van der Waals surface area (Å²) < 4.78 is 10.6. The molecule has 2 amide bonds. The molecule has 1 aliphatic heterocycles. The molecule has 1 aliphatic rings. The second-order valence-electron chi connectivity index (χ2n) is 6.95. The van der Waals surface area contributed by atoms with Crippen molar-refractivity contribution >= 4 is 34.8 Å². The van der Waals surface area contributed by atoms with Crippen molar-refractivity contribution in [1.82, 2.24) is 10.6 Å². The summed E-state index contributed by atoms with van der Waals surface area (Å²) in [5.74, 6) is 0.322. The van der Waals surface area contributed by atoms with Crippen LogP contribution < -0.4 is 20.7 Å². The van der Waals surface area contributed by atoms with Crippen LogP contribution in [0.3, 0.4) is 0 Å². The molecule has 30 heavy (non-hydrogen) atoms. The molecule has 0 aromatic heterocycles. The molecule has 158 valence electrons. The zero-order valence-corrected chi connectivity index (χ0v) is 17.6. The van der Waals surface area contributed by atoms with Crippen LogP contribution in [0.2, 0.25) is 0 Å². The lowest BCUT2D eigenvalue weighted by Crippen LogP contribution is -2.35. The van der Waals surface area contributed by atoms with Crippen molar-refractivity contribution in [3.05, 3.63) is 59.7 Å². The zero-order valence-electron chi connectivity index (χ0n) is 16.8. The van der Waals surface area contributed by atoms with Gasteiger partial charge in [0.25, 0.3) is 5.91 Å². The second-order valence-corrected chi connectivity index (χ2v) is 7.36. The SMILES string of the molecule is COc1ccc(CC(=O)NC(=S)Nc2cccc(C(=O)NCC3CCCO3)c2)cc1. The number of carbonyl (C=O) groups excluding carboxylic acids is 2. The van der Waals surface area contributed by atoms with Crippen molar-refractivity contribution in [2.45, 2.75) is 25.4 Å². The van der Waals surface area contributed by atoms with E-state index in [9.17, 15) is 9.59 Å². The highest BCUT2D eigenvalue weighted by molar-refractivity contribution is 7.80. The van der Waals surface area contributed by atoms with E-state index in [1.165, 1.54) is 0 Å². The maximum absolute atomic E-state index is 12.4. The highest BCUT2D eigenvalue weighted by Gasteiger charge is 2.17. The molecule has 0 saturated carbocycles. The topological polar surface area (TPSA) is 88.7 Å². The van der Waals surface area contributed by atoms with Crippen molar-refractivity contribution in [3.63, 3.8) is 0 Å². The minimum Gasteiger partial charge on any atom is -0.497 e. The Morgan fingerprint density at radius 3 is 2.70 bits per heavy atom. The Labute approximate surface area is 181 Å². The summed E-state index contributed by atoms with van der Waals surface area (Å²) in [7, 11) is 1.59. The van der Waals surface area contributed by atoms with Gasteiger partial charge in [0.1, 0.15) is 5.75 Å². The number of hydrogen-bond donors (Lipinski definition) is 3. The van der Waals surface area contributed by atoms with E-state index in [0.29, 0.717) is 17.8 Å². The van der Waals surface area contributed by atoms with Crippen molar-refractivity contribution in [2.24, 2.45) is 0 Å². The van der Waals surface area contributed by atoms with Crippen LogP contribution in [0.5, 0.6) is 5.75 Å². The Morgan fingerprint density at radius 1 is 1.20 bits per heavy atom. The molecule has 0 spiro atoms. The maximum Gasteiger partial charge on any atom is 0.251 e. The Bertz CT molecular complexity index is 896. The van der Waals surface area contributed by atoms with Gasteiger partial charge in [0.15, 0.2) is 5.11 Å². The third-order valence-electron chi connectivity index (χ3n) is 4.67. The molecule has 1 heterocycles. The van der Waals surface area contributed by atoms with E-state index in [1.807, 2.05) is 12.1 Å². The van der Waals surface area contributed by atoms with Gasteiger partial charge >= 0.3 is 0 Å². The van der Waals surface area contributed by atoms with Crippen LogP contribution in [0.25, 0.3) is 0 Å². The fourth-order valence-corrected chi connectivity index (χ4v) is 3.35. The molecule has 1 atom stereocenters. The summed E-state index contributed by atoms with van der Waals surface area (Å²) in [6, 6.07) is 14.2. The summed E-state index contributed by atoms with van der Waals surface area (Å²) >= 11 is 5.22. The van der Waals surface area contributed by atoms with Crippen molar-refractivity contribution in [3.8, 4) is 5.75 Å². The lowest BCUT2D eigenvalue weighted by molar-refractivity contribution is -0.119. The molecule has 8 heteroatoms. The van der Waals surface area contributed by atoms with Crippen LogP contribution in [0.4, 0.5) is 5.69 Å². The number of benzene rings is 2. The number of nitrogens with one attached hydrogen (secondary N) is 3. The first-order valence-electron chi connectivity index (χ1n) is 9.77. The fourth-order valence-electron chi connectivity index (χ4n) is 3.11. The smallest absolute Gasteiger partial charge is 0.251 e. The van der Waals surface area contributed by atoms with E-state index in [2.05, 4.69) is 16.0 Å². The minimum absolute atomic E-state index is 0.0868. The molecule has 7 nitrogen and oxygen atoms in total. The van der Waals surface area contributed by atoms with Crippen LogP contribution >= 0.6 is 12.2 Å². The monoisotopic (exact) mass is 427 g/mol.